The van der Waals surface area contributed by atoms with Crippen molar-refractivity contribution in [3.8, 4) is 12.3 Å². The first-order valence-corrected chi connectivity index (χ1v) is 7.75. The number of nitrogens with zero attached hydrogens (tertiary/aromatic N) is 2. The second kappa shape index (κ2) is 5.41. The summed E-state index contributed by atoms with van der Waals surface area (Å²) in [6, 6.07) is -0.507. The molecule has 0 aromatic rings. The van der Waals surface area contributed by atoms with Crippen LogP contribution >= 0.6 is 0 Å². The van der Waals surface area contributed by atoms with Gasteiger partial charge in [0.1, 0.15) is 6.54 Å². The van der Waals surface area contributed by atoms with E-state index < -0.39 is 11.9 Å². The smallest absolute Gasteiger partial charge is 0.330 e. The molecule has 0 radical (unpaired) electrons. The topological polar surface area (TPSA) is 66.9 Å². The van der Waals surface area contributed by atoms with Gasteiger partial charge in [0.2, 0.25) is 0 Å². The SMILES string of the molecule is C#CCN1CC(=O)N(COC(=O)[C@@H]2[C@H](C=C3CC3)C2(C)C)C1=O. The van der Waals surface area contributed by atoms with Crippen molar-refractivity contribution in [3.05, 3.63) is 11.6 Å². The molecule has 1 aliphatic heterocycles. The van der Waals surface area contributed by atoms with Crippen LogP contribution in [0.25, 0.3) is 0 Å². The van der Waals surface area contributed by atoms with Gasteiger partial charge in [-0.15, -0.1) is 6.42 Å². The van der Waals surface area contributed by atoms with Crippen LogP contribution in [0.4, 0.5) is 4.79 Å². The molecular weight excluding hydrogens is 296 g/mol. The Hall–Kier alpha value is -2.29. The third-order valence-corrected chi connectivity index (χ3v) is 4.87. The summed E-state index contributed by atoms with van der Waals surface area (Å²) in [5.41, 5.74) is 1.27. The molecule has 0 spiro atoms. The van der Waals surface area contributed by atoms with E-state index in [0.717, 1.165) is 17.7 Å². The molecule has 0 aromatic heterocycles. The molecule has 1 heterocycles. The van der Waals surface area contributed by atoms with Gasteiger partial charge in [0.15, 0.2) is 6.73 Å². The Bertz CT molecular complexity index is 637. The third kappa shape index (κ3) is 2.83. The van der Waals surface area contributed by atoms with E-state index in [-0.39, 0.29) is 43.0 Å². The van der Waals surface area contributed by atoms with Gasteiger partial charge in [0, 0.05) is 0 Å². The Morgan fingerprint density at radius 2 is 2.13 bits per heavy atom. The molecule has 3 rings (SSSR count). The van der Waals surface area contributed by atoms with Crippen LogP contribution in [0.15, 0.2) is 11.6 Å². The second-order valence-corrected chi connectivity index (χ2v) is 6.91. The van der Waals surface area contributed by atoms with Gasteiger partial charge in [0.05, 0.1) is 12.5 Å². The predicted molar refractivity (Wildman–Crippen MR) is 81.7 cm³/mol. The van der Waals surface area contributed by atoms with Gasteiger partial charge < -0.3 is 9.64 Å². The molecular formula is C17H20N2O4. The van der Waals surface area contributed by atoms with Gasteiger partial charge in [0.25, 0.3) is 5.91 Å². The quantitative estimate of drug-likeness (QED) is 0.333. The normalized spacial score (nSPS) is 27.8. The lowest BCUT2D eigenvalue weighted by molar-refractivity contribution is -0.151. The van der Waals surface area contributed by atoms with Crippen LogP contribution in [0.3, 0.4) is 0 Å². The minimum Gasteiger partial charge on any atom is -0.443 e. The monoisotopic (exact) mass is 316 g/mol. The first-order chi connectivity index (χ1) is 10.9. The molecule has 3 amide bonds. The van der Waals surface area contributed by atoms with Crippen molar-refractivity contribution >= 4 is 17.9 Å². The maximum absolute atomic E-state index is 12.3. The van der Waals surface area contributed by atoms with Crippen molar-refractivity contribution in [2.75, 3.05) is 19.8 Å². The van der Waals surface area contributed by atoms with Crippen LogP contribution in [0.5, 0.6) is 0 Å². The Morgan fingerprint density at radius 1 is 1.43 bits per heavy atom. The Balaban J connectivity index is 1.56. The molecule has 3 fully saturated rings. The fourth-order valence-corrected chi connectivity index (χ4v) is 3.10. The van der Waals surface area contributed by atoms with Gasteiger partial charge in [-0.2, -0.15) is 0 Å². The molecule has 0 aromatic carbocycles. The van der Waals surface area contributed by atoms with Crippen LogP contribution < -0.4 is 0 Å². The van der Waals surface area contributed by atoms with Crippen molar-refractivity contribution in [3.63, 3.8) is 0 Å². The first kappa shape index (κ1) is 15.6. The number of imide groups is 1. The zero-order valence-corrected chi connectivity index (χ0v) is 13.4. The standard InChI is InChI=1S/C17H20N2O4/c1-4-7-18-9-13(20)19(16(18)22)10-23-15(21)14-12(17(14,2)3)8-11-5-6-11/h1,8,12,14H,5-7,9-10H2,2-3H3/t12-,14-/m0/s1. The molecule has 2 atom stereocenters. The van der Waals surface area contributed by atoms with Crippen molar-refractivity contribution in [1.29, 1.82) is 0 Å². The molecule has 0 bridgehead atoms. The summed E-state index contributed by atoms with van der Waals surface area (Å²) < 4.78 is 5.22. The minimum atomic E-state index is -0.507. The van der Waals surface area contributed by atoms with Crippen LogP contribution in [0.1, 0.15) is 26.7 Å². The fraction of sp³-hybridized carbons (Fsp3) is 0.588. The van der Waals surface area contributed by atoms with Crippen molar-refractivity contribution in [2.45, 2.75) is 26.7 Å². The first-order valence-electron chi connectivity index (χ1n) is 7.75. The highest BCUT2D eigenvalue weighted by atomic mass is 16.5. The third-order valence-electron chi connectivity index (χ3n) is 4.87. The number of terminal acetylenes is 1. The lowest BCUT2D eigenvalue weighted by atomic mass is 10.1. The average molecular weight is 316 g/mol. The Kier molecular flexibility index (Phi) is 3.67. The molecule has 122 valence electrons. The number of hydrogen-bond donors (Lipinski definition) is 0. The van der Waals surface area contributed by atoms with Gasteiger partial charge in [-0.3, -0.25) is 9.59 Å². The van der Waals surface area contributed by atoms with Gasteiger partial charge in [-0.05, 0) is 24.2 Å². The van der Waals surface area contributed by atoms with Crippen molar-refractivity contribution in [1.82, 2.24) is 9.80 Å². The van der Waals surface area contributed by atoms with Crippen molar-refractivity contribution in [2.24, 2.45) is 17.3 Å². The summed E-state index contributed by atoms with van der Waals surface area (Å²) in [5, 5.41) is 0. The summed E-state index contributed by atoms with van der Waals surface area (Å²) in [6.45, 7) is 3.73. The lowest BCUT2D eigenvalue weighted by Crippen LogP contribution is -2.36. The molecule has 6 nitrogen and oxygen atoms in total. The van der Waals surface area contributed by atoms with Gasteiger partial charge >= 0.3 is 12.0 Å². The lowest BCUT2D eigenvalue weighted by Gasteiger charge is -2.15. The number of ether oxygens (including phenoxy) is 1. The molecule has 0 N–H and O–H groups in total. The number of carbonyl (C=O) groups excluding carboxylic acids is 3. The summed E-state index contributed by atoms with van der Waals surface area (Å²) >= 11 is 0. The summed E-state index contributed by atoms with van der Waals surface area (Å²) in [6.07, 6.45) is 9.57. The van der Waals surface area contributed by atoms with E-state index in [1.165, 1.54) is 10.5 Å². The number of esters is 1. The highest BCUT2D eigenvalue weighted by Crippen LogP contribution is 2.60. The molecule has 3 aliphatic rings. The minimum absolute atomic E-state index is 0.0652. The maximum Gasteiger partial charge on any atom is 0.330 e. The maximum atomic E-state index is 12.3. The largest absolute Gasteiger partial charge is 0.443 e. The Morgan fingerprint density at radius 3 is 2.74 bits per heavy atom. The van der Waals surface area contributed by atoms with Gasteiger partial charge in [-0.1, -0.05) is 31.4 Å². The van der Waals surface area contributed by atoms with Crippen LogP contribution in [0, 0.1) is 29.6 Å². The molecule has 2 saturated carbocycles. The van der Waals surface area contributed by atoms with E-state index in [9.17, 15) is 14.4 Å². The van der Waals surface area contributed by atoms with E-state index in [1.807, 2.05) is 13.8 Å². The van der Waals surface area contributed by atoms with Crippen LogP contribution in [-0.2, 0) is 14.3 Å². The molecule has 1 saturated heterocycles. The average Bonchev–Trinajstić information content (AvgIpc) is 3.35. The highest BCUT2D eigenvalue weighted by Gasteiger charge is 2.61. The second-order valence-electron chi connectivity index (χ2n) is 6.91. The summed E-state index contributed by atoms with van der Waals surface area (Å²) in [7, 11) is 0. The number of hydrogen-bond acceptors (Lipinski definition) is 4. The van der Waals surface area contributed by atoms with E-state index >= 15 is 0 Å². The number of carbonyl (C=O) groups is 3. The highest BCUT2D eigenvalue weighted by molar-refractivity contribution is 6.02. The van der Waals surface area contributed by atoms with E-state index in [2.05, 4.69) is 12.0 Å². The number of amides is 3. The van der Waals surface area contributed by atoms with Crippen molar-refractivity contribution < 1.29 is 19.1 Å². The van der Waals surface area contributed by atoms with Gasteiger partial charge in [-0.25, -0.2) is 9.69 Å². The Labute approximate surface area is 135 Å². The zero-order chi connectivity index (χ0) is 16.8. The van der Waals surface area contributed by atoms with E-state index in [4.69, 9.17) is 11.2 Å². The zero-order valence-electron chi connectivity index (χ0n) is 13.4. The van der Waals surface area contributed by atoms with E-state index in [1.54, 1.807) is 0 Å². The predicted octanol–water partition coefficient (Wildman–Crippen LogP) is 1.38. The summed E-state index contributed by atoms with van der Waals surface area (Å²) in [5.74, 6) is 1.56. The number of allylic oxidation sites excluding steroid dienone is 2. The molecule has 6 heteroatoms. The van der Waals surface area contributed by atoms with Crippen LogP contribution in [-0.4, -0.2) is 47.5 Å². The molecule has 2 aliphatic carbocycles. The molecule has 0 unspecified atom stereocenters. The number of rotatable bonds is 5. The van der Waals surface area contributed by atoms with E-state index in [0.29, 0.717) is 0 Å². The summed E-state index contributed by atoms with van der Waals surface area (Å²) in [4.78, 5) is 38.2. The fourth-order valence-electron chi connectivity index (χ4n) is 3.10. The molecule has 23 heavy (non-hydrogen) atoms. The number of urea groups is 1. The van der Waals surface area contributed by atoms with Crippen LogP contribution in [0.2, 0.25) is 0 Å².